The number of esters is 1. The number of carbonyl (C=O) groups excluding carboxylic acids is 2. The molecule has 3 rings (SSSR count). The quantitative estimate of drug-likeness (QED) is 0.683. The summed E-state index contributed by atoms with van der Waals surface area (Å²) in [7, 11) is 0. The largest absolute Gasteiger partial charge is 0.422 e. The summed E-state index contributed by atoms with van der Waals surface area (Å²) < 4.78 is 17.9. The predicted octanol–water partition coefficient (Wildman–Crippen LogP) is 3.09. The zero-order valence-corrected chi connectivity index (χ0v) is 13.9. The fraction of sp³-hybridized carbons (Fsp3) is 0.222. The zero-order valence-electron chi connectivity index (χ0n) is 13.0. The van der Waals surface area contributed by atoms with Crippen molar-refractivity contribution < 1.29 is 18.7 Å². The predicted molar refractivity (Wildman–Crippen MR) is 89.4 cm³/mol. The van der Waals surface area contributed by atoms with Crippen LogP contribution in [0.3, 0.4) is 0 Å². The van der Waals surface area contributed by atoms with Crippen LogP contribution in [0, 0.1) is 12.7 Å². The highest BCUT2D eigenvalue weighted by Crippen LogP contribution is 2.39. The van der Waals surface area contributed by atoms with E-state index in [-0.39, 0.29) is 24.6 Å². The molecular formula is C18H16FNO3S. The number of hydrogen-bond donors (Lipinski definition) is 1. The smallest absolute Gasteiger partial charge is 0.330 e. The molecule has 0 aromatic heterocycles. The van der Waals surface area contributed by atoms with Crippen molar-refractivity contribution in [2.75, 3.05) is 6.54 Å². The van der Waals surface area contributed by atoms with Gasteiger partial charge < -0.3 is 10.1 Å². The number of benzene rings is 2. The van der Waals surface area contributed by atoms with Gasteiger partial charge in [-0.2, -0.15) is 0 Å². The molecule has 4 nitrogen and oxygen atoms in total. The van der Waals surface area contributed by atoms with Gasteiger partial charge in [-0.15, -0.1) is 11.8 Å². The Morgan fingerprint density at radius 2 is 1.92 bits per heavy atom. The topological polar surface area (TPSA) is 55.4 Å². The number of para-hydroxylation sites is 1. The van der Waals surface area contributed by atoms with Crippen molar-refractivity contribution in [3.05, 3.63) is 59.9 Å². The van der Waals surface area contributed by atoms with E-state index < -0.39 is 16.5 Å². The average molecular weight is 345 g/mol. The van der Waals surface area contributed by atoms with E-state index in [0.29, 0.717) is 0 Å². The number of carbonyl (C=O) groups is 2. The van der Waals surface area contributed by atoms with Crippen LogP contribution in [-0.4, -0.2) is 23.2 Å². The molecule has 0 saturated carbocycles. The Hall–Kier alpha value is -2.34. The van der Waals surface area contributed by atoms with E-state index in [1.165, 1.54) is 30.0 Å². The molecule has 24 heavy (non-hydrogen) atoms. The molecule has 0 aliphatic carbocycles. The summed E-state index contributed by atoms with van der Waals surface area (Å²) in [6.45, 7) is 2.12. The highest BCUT2D eigenvalue weighted by molar-refractivity contribution is 8.01. The van der Waals surface area contributed by atoms with Crippen molar-refractivity contribution in [2.45, 2.75) is 23.0 Å². The van der Waals surface area contributed by atoms with Crippen molar-refractivity contribution in [3.8, 4) is 5.75 Å². The van der Waals surface area contributed by atoms with Crippen LogP contribution in [0.25, 0.3) is 0 Å². The van der Waals surface area contributed by atoms with Gasteiger partial charge in [0.05, 0.1) is 6.42 Å². The molecular weight excluding hydrogens is 329 g/mol. The minimum absolute atomic E-state index is 0.00116. The van der Waals surface area contributed by atoms with Gasteiger partial charge in [-0.25, -0.2) is 4.39 Å². The Morgan fingerprint density at radius 1 is 1.21 bits per heavy atom. The lowest BCUT2D eigenvalue weighted by Gasteiger charge is -2.24. The number of hydrogen-bond acceptors (Lipinski definition) is 4. The van der Waals surface area contributed by atoms with Gasteiger partial charge in [0.1, 0.15) is 4.75 Å². The van der Waals surface area contributed by atoms with Crippen molar-refractivity contribution in [3.63, 3.8) is 0 Å². The van der Waals surface area contributed by atoms with E-state index in [1.807, 2.05) is 31.2 Å². The molecule has 2 aromatic carbocycles. The van der Waals surface area contributed by atoms with E-state index >= 15 is 0 Å². The summed E-state index contributed by atoms with van der Waals surface area (Å²) in [5.74, 6) is -1.60. The van der Waals surface area contributed by atoms with Crippen LogP contribution in [0.5, 0.6) is 5.75 Å². The molecule has 1 N–H and O–H groups in total. The molecule has 1 atom stereocenters. The molecule has 1 aliphatic heterocycles. The molecule has 6 heteroatoms. The van der Waals surface area contributed by atoms with Crippen LogP contribution in [0.2, 0.25) is 0 Å². The normalized spacial score (nSPS) is 19.8. The number of halogens is 1. The number of thioether (sulfide) groups is 1. The standard InChI is InChI=1S/C18H16FNO3S/c1-12-6-8-13(9-7-12)24-18(10-16(21)20-11-18)17(22)23-15-5-3-2-4-14(15)19/h2-9H,10-11H2,1H3,(H,20,21). The van der Waals surface area contributed by atoms with Gasteiger partial charge >= 0.3 is 5.97 Å². The van der Waals surface area contributed by atoms with E-state index in [1.54, 1.807) is 6.07 Å². The van der Waals surface area contributed by atoms with Gasteiger partial charge in [0.15, 0.2) is 11.6 Å². The molecule has 1 saturated heterocycles. The van der Waals surface area contributed by atoms with E-state index in [2.05, 4.69) is 5.32 Å². The van der Waals surface area contributed by atoms with Crippen LogP contribution >= 0.6 is 11.8 Å². The fourth-order valence-corrected chi connectivity index (χ4v) is 3.63. The third kappa shape index (κ3) is 3.43. The maximum Gasteiger partial charge on any atom is 0.330 e. The first-order valence-electron chi connectivity index (χ1n) is 7.48. The lowest BCUT2D eigenvalue weighted by atomic mass is 10.1. The lowest BCUT2D eigenvalue weighted by molar-refractivity contribution is -0.137. The Labute approximate surface area is 143 Å². The second-order valence-electron chi connectivity index (χ2n) is 5.68. The second kappa shape index (κ2) is 6.65. The fourth-order valence-electron chi connectivity index (χ4n) is 2.44. The number of aryl methyl sites for hydroxylation is 1. The van der Waals surface area contributed by atoms with Crippen molar-refractivity contribution in [1.29, 1.82) is 0 Å². The Morgan fingerprint density at radius 3 is 2.54 bits per heavy atom. The molecule has 0 bridgehead atoms. The van der Waals surface area contributed by atoms with Crippen LogP contribution in [0.1, 0.15) is 12.0 Å². The number of rotatable bonds is 4. The molecule has 1 heterocycles. The monoisotopic (exact) mass is 345 g/mol. The maximum atomic E-state index is 13.7. The van der Waals surface area contributed by atoms with Gasteiger partial charge in [-0.05, 0) is 31.2 Å². The SMILES string of the molecule is Cc1ccc(SC2(C(=O)Oc3ccccc3F)CNC(=O)C2)cc1. The number of ether oxygens (including phenoxy) is 1. The lowest BCUT2D eigenvalue weighted by Crippen LogP contribution is -2.40. The maximum absolute atomic E-state index is 13.7. The first-order chi connectivity index (χ1) is 11.5. The van der Waals surface area contributed by atoms with Crippen LogP contribution in [-0.2, 0) is 9.59 Å². The summed E-state index contributed by atoms with van der Waals surface area (Å²) >= 11 is 1.26. The molecule has 1 aliphatic rings. The van der Waals surface area contributed by atoms with Gasteiger partial charge in [0, 0.05) is 11.4 Å². The Balaban J connectivity index is 1.85. The molecule has 124 valence electrons. The summed E-state index contributed by atoms with van der Waals surface area (Å²) in [5, 5.41) is 2.67. The van der Waals surface area contributed by atoms with Gasteiger partial charge in [-0.3, -0.25) is 9.59 Å². The third-order valence-electron chi connectivity index (χ3n) is 3.76. The van der Waals surface area contributed by atoms with Crippen molar-refractivity contribution in [2.24, 2.45) is 0 Å². The van der Waals surface area contributed by atoms with Gasteiger partial charge in [-0.1, -0.05) is 29.8 Å². The van der Waals surface area contributed by atoms with Crippen LogP contribution < -0.4 is 10.1 Å². The van der Waals surface area contributed by atoms with E-state index in [4.69, 9.17) is 4.74 Å². The third-order valence-corrected chi connectivity index (χ3v) is 5.12. The van der Waals surface area contributed by atoms with Gasteiger partial charge in [0.2, 0.25) is 5.91 Å². The van der Waals surface area contributed by atoms with Crippen LogP contribution in [0.15, 0.2) is 53.4 Å². The molecule has 2 aromatic rings. The molecule has 0 radical (unpaired) electrons. The summed E-state index contributed by atoms with van der Waals surface area (Å²) in [5.41, 5.74) is 1.10. The molecule has 1 amide bonds. The highest BCUT2D eigenvalue weighted by atomic mass is 32.2. The van der Waals surface area contributed by atoms with Crippen LogP contribution in [0.4, 0.5) is 4.39 Å². The first kappa shape index (κ1) is 16.5. The Bertz CT molecular complexity index is 778. The van der Waals surface area contributed by atoms with Gasteiger partial charge in [0.25, 0.3) is 0 Å². The molecule has 0 spiro atoms. The minimum Gasteiger partial charge on any atom is -0.422 e. The zero-order chi connectivity index (χ0) is 17.2. The van der Waals surface area contributed by atoms with E-state index in [9.17, 15) is 14.0 Å². The summed E-state index contributed by atoms with van der Waals surface area (Å²) in [6.07, 6.45) is -0.00116. The number of nitrogens with one attached hydrogen (secondary N) is 1. The second-order valence-corrected chi connectivity index (χ2v) is 7.14. The molecule has 1 fully saturated rings. The first-order valence-corrected chi connectivity index (χ1v) is 8.29. The van der Waals surface area contributed by atoms with Crippen molar-refractivity contribution >= 4 is 23.6 Å². The average Bonchev–Trinajstić information content (AvgIpc) is 2.94. The molecule has 1 unspecified atom stereocenters. The van der Waals surface area contributed by atoms with E-state index in [0.717, 1.165) is 10.5 Å². The minimum atomic E-state index is -1.10. The number of amides is 1. The highest BCUT2D eigenvalue weighted by Gasteiger charge is 2.48. The summed E-state index contributed by atoms with van der Waals surface area (Å²) in [4.78, 5) is 25.3. The summed E-state index contributed by atoms with van der Waals surface area (Å²) in [6, 6.07) is 13.4. The Kier molecular flexibility index (Phi) is 4.57. The van der Waals surface area contributed by atoms with Crippen molar-refractivity contribution in [1.82, 2.24) is 5.32 Å².